The predicted octanol–water partition coefficient (Wildman–Crippen LogP) is 5.64. The molecule has 0 saturated heterocycles. The molecule has 3 atom stereocenters. The fraction of sp³-hybridized carbons (Fsp3) is 0.459. The van der Waals surface area contributed by atoms with Gasteiger partial charge < -0.3 is 24.4 Å². The van der Waals surface area contributed by atoms with Crippen LogP contribution in [0, 0.1) is 11.8 Å². The number of methoxy groups -OCH3 is 1. The third-order valence-corrected chi connectivity index (χ3v) is 11.6. The molecule has 1 amide bonds. The van der Waals surface area contributed by atoms with Crippen LogP contribution in [0.2, 0.25) is 5.02 Å². The summed E-state index contributed by atoms with van der Waals surface area (Å²) >= 11 is 6.41. The van der Waals surface area contributed by atoms with Gasteiger partial charge in [0.15, 0.2) is 0 Å². The first-order valence-electron chi connectivity index (χ1n) is 16.9. The van der Waals surface area contributed by atoms with Crippen molar-refractivity contribution in [3.8, 4) is 11.5 Å². The van der Waals surface area contributed by atoms with Crippen molar-refractivity contribution in [3.05, 3.63) is 87.9 Å². The molecule has 6 rings (SSSR count). The Kier molecular flexibility index (Phi) is 10.4. The van der Waals surface area contributed by atoms with Gasteiger partial charge in [-0.15, -0.1) is 0 Å². The van der Waals surface area contributed by atoms with Crippen LogP contribution in [-0.4, -0.2) is 69.4 Å². The molecule has 2 aliphatic carbocycles. The maximum absolute atomic E-state index is 13.6. The molecule has 1 heterocycles. The molecule has 49 heavy (non-hydrogen) atoms. The number of rotatable bonds is 12. The molecule has 0 aromatic heterocycles. The average molecular weight is 710 g/mol. The van der Waals surface area contributed by atoms with Gasteiger partial charge in [0.1, 0.15) is 11.5 Å². The molecule has 1 aliphatic heterocycles. The van der Waals surface area contributed by atoms with Crippen molar-refractivity contribution in [1.29, 1.82) is 0 Å². The second-order valence-corrected chi connectivity index (χ2v) is 16.0. The monoisotopic (exact) mass is 709 g/mol. The molecule has 12 heteroatoms. The molecule has 1 spiro atoms. The normalized spacial score (nSPS) is 21.5. The highest BCUT2D eigenvalue weighted by Gasteiger charge is 2.43. The summed E-state index contributed by atoms with van der Waals surface area (Å²) in [6.07, 6.45) is 5.07. The molecular formula is C37H44ClN3O7S. The summed E-state index contributed by atoms with van der Waals surface area (Å²) in [5.41, 5.74) is 4.11. The highest BCUT2D eigenvalue weighted by molar-refractivity contribution is 7.89. The molecule has 10 nitrogen and oxygen atoms in total. The van der Waals surface area contributed by atoms with E-state index in [0.717, 1.165) is 49.1 Å². The molecule has 0 radical (unpaired) electrons. The second-order valence-electron chi connectivity index (χ2n) is 13.8. The minimum absolute atomic E-state index is 0.0880. The SMILES string of the molecule is COc1ccc(CN(C[C@@H]2CC[C@H]2CN2C[C@@]3(CCCc4cc(Cl)ccc43)COc3ccc(C(=O)O)cc32)C(=O)CCCS(N)(=O)=O)cc1. The van der Waals surface area contributed by atoms with Gasteiger partial charge >= 0.3 is 5.97 Å². The zero-order valence-corrected chi connectivity index (χ0v) is 29.3. The summed E-state index contributed by atoms with van der Waals surface area (Å²) in [6.45, 7) is 2.76. The van der Waals surface area contributed by atoms with E-state index in [9.17, 15) is 23.1 Å². The number of carbonyl (C=O) groups is 2. The van der Waals surface area contributed by atoms with E-state index in [-0.39, 0.29) is 47.3 Å². The minimum Gasteiger partial charge on any atom is -0.497 e. The Labute approximate surface area is 293 Å². The lowest BCUT2D eigenvalue weighted by molar-refractivity contribution is -0.133. The number of carboxylic acids is 1. The summed E-state index contributed by atoms with van der Waals surface area (Å²) in [4.78, 5) is 29.8. The fourth-order valence-corrected chi connectivity index (χ4v) is 8.46. The van der Waals surface area contributed by atoms with Crippen molar-refractivity contribution in [1.82, 2.24) is 4.90 Å². The Morgan fingerprint density at radius 3 is 2.57 bits per heavy atom. The van der Waals surface area contributed by atoms with Gasteiger partial charge in [0.25, 0.3) is 0 Å². The highest BCUT2D eigenvalue weighted by atomic mass is 35.5. The van der Waals surface area contributed by atoms with Crippen LogP contribution < -0.4 is 19.5 Å². The van der Waals surface area contributed by atoms with Crippen LogP contribution in [0.5, 0.6) is 11.5 Å². The number of carboxylic acid groups (broad SMARTS) is 1. The first-order valence-corrected chi connectivity index (χ1v) is 19.0. The number of sulfonamides is 1. The van der Waals surface area contributed by atoms with Gasteiger partial charge in [-0.05, 0) is 110 Å². The van der Waals surface area contributed by atoms with Crippen molar-refractivity contribution in [2.75, 3.05) is 44.0 Å². The second kappa shape index (κ2) is 14.6. The Bertz CT molecular complexity index is 1800. The summed E-state index contributed by atoms with van der Waals surface area (Å²) in [5, 5.41) is 15.8. The number of hydrogen-bond acceptors (Lipinski definition) is 7. The number of anilines is 1. The van der Waals surface area contributed by atoms with Crippen LogP contribution in [-0.2, 0) is 33.2 Å². The van der Waals surface area contributed by atoms with Crippen LogP contribution in [0.1, 0.15) is 65.6 Å². The number of carbonyl (C=O) groups excluding carboxylic acids is 1. The fourth-order valence-electron chi connectivity index (χ4n) is 7.72. The Morgan fingerprint density at radius 1 is 1.10 bits per heavy atom. The quantitative estimate of drug-likeness (QED) is 0.246. The lowest BCUT2D eigenvalue weighted by Gasteiger charge is -2.45. The summed E-state index contributed by atoms with van der Waals surface area (Å²) in [5.74, 6) is 0.516. The molecule has 0 bridgehead atoms. The molecule has 262 valence electrons. The van der Waals surface area contributed by atoms with Gasteiger partial charge in [-0.3, -0.25) is 4.79 Å². The van der Waals surface area contributed by atoms with Gasteiger partial charge in [-0.25, -0.2) is 18.4 Å². The molecule has 0 unspecified atom stereocenters. The Morgan fingerprint density at radius 2 is 1.88 bits per heavy atom. The molecule has 3 N–H and O–H groups in total. The van der Waals surface area contributed by atoms with E-state index < -0.39 is 16.0 Å². The van der Waals surface area contributed by atoms with E-state index in [0.29, 0.717) is 43.6 Å². The molecular weight excluding hydrogens is 666 g/mol. The number of nitrogens with two attached hydrogens (primary N) is 1. The van der Waals surface area contributed by atoms with Gasteiger partial charge in [-0.2, -0.15) is 0 Å². The molecule has 1 fully saturated rings. The zero-order valence-electron chi connectivity index (χ0n) is 27.8. The Balaban J connectivity index is 1.25. The first kappa shape index (κ1) is 35.0. The van der Waals surface area contributed by atoms with Crippen LogP contribution in [0.4, 0.5) is 5.69 Å². The minimum atomic E-state index is -3.67. The number of nitrogens with zero attached hydrogens (tertiary/aromatic N) is 2. The number of ether oxygens (including phenoxy) is 2. The number of fused-ring (bicyclic) bond motifs is 3. The first-order chi connectivity index (χ1) is 23.4. The van der Waals surface area contributed by atoms with Crippen molar-refractivity contribution in [2.45, 2.75) is 56.9 Å². The summed E-state index contributed by atoms with van der Waals surface area (Å²) in [6, 6.07) is 18.8. The Hall–Kier alpha value is -3.80. The van der Waals surface area contributed by atoms with E-state index >= 15 is 0 Å². The summed E-state index contributed by atoms with van der Waals surface area (Å²) < 4.78 is 34.9. The smallest absolute Gasteiger partial charge is 0.335 e. The van der Waals surface area contributed by atoms with E-state index in [2.05, 4.69) is 17.0 Å². The molecule has 1 saturated carbocycles. The maximum Gasteiger partial charge on any atom is 0.335 e. The molecule has 3 aliphatic rings. The van der Waals surface area contributed by atoms with Crippen LogP contribution in [0.3, 0.4) is 0 Å². The number of aryl methyl sites for hydroxylation is 1. The molecule has 3 aromatic rings. The van der Waals surface area contributed by atoms with Crippen LogP contribution in [0.15, 0.2) is 60.7 Å². The van der Waals surface area contributed by atoms with Crippen molar-refractivity contribution >= 4 is 39.2 Å². The number of hydrogen-bond donors (Lipinski definition) is 2. The van der Waals surface area contributed by atoms with E-state index in [4.69, 9.17) is 26.2 Å². The average Bonchev–Trinajstić information content (AvgIpc) is 3.21. The van der Waals surface area contributed by atoms with E-state index in [1.165, 1.54) is 11.1 Å². The van der Waals surface area contributed by atoms with Crippen molar-refractivity contribution in [3.63, 3.8) is 0 Å². The van der Waals surface area contributed by atoms with Crippen LogP contribution >= 0.6 is 11.6 Å². The number of aromatic carboxylic acids is 1. The topological polar surface area (TPSA) is 139 Å². The third kappa shape index (κ3) is 8.16. The zero-order chi connectivity index (χ0) is 34.8. The lowest BCUT2D eigenvalue weighted by atomic mass is 9.69. The lowest BCUT2D eigenvalue weighted by Crippen LogP contribution is -2.50. The highest BCUT2D eigenvalue weighted by Crippen LogP contribution is 2.46. The predicted molar refractivity (Wildman–Crippen MR) is 189 cm³/mol. The number of halogens is 1. The van der Waals surface area contributed by atoms with Gasteiger partial charge in [0.05, 0.1) is 30.7 Å². The third-order valence-electron chi connectivity index (χ3n) is 10.5. The van der Waals surface area contributed by atoms with Gasteiger partial charge in [-0.1, -0.05) is 29.8 Å². The van der Waals surface area contributed by atoms with E-state index in [1.54, 1.807) is 25.3 Å². The van der Waals surface area contributed by atoms with Crippen molar-refractivity contribution in [2.24, 2.45) is 17.0 Å². The van der Waals surface area contributed by atoms with E-state index in [1.807, 2.05) is 35.2 Å². The number of benzene rings is 3. The number of primary sulfonamides is 1. The summed E-state index contributed by atoms with van der Waals surface area (Å²) in [7, 11) is -2.06. The van der Waals surface area contributed by atoms with Gasteiger partial charge in [0.2, 0.25) is 15.9 Å². The largest absolute Gasteiger partial charge is 0.497 e. The molecule has 3 aromatic carbocycles. The van der Waals surface area contributed by atoms with Crippen LogP contribution in [0.25, 0.3) is 0 Å². The maximum atomic E-state index is 13.6. The van der Waals surface area contributed by atoms with Crippen molar-refractivity contribution < 1.29 is 32.6 Å². The number of amides is 1. The van der Waals surface area contributed by atoms with Gasteiger partial charge in [0, 0.05) is 43.0 Å². The standard InChI is InChI=1S/C37H44ClN3O7S/c1-47-31-12-6-25(7-13-31)20-40(35(42)5-3-17-49(39,45)46)21-28-8-9-29(28)22-41-23-37(16-2-4-26-18-30(38)11-14-32(26)37)24-48-34-15-10-27(36(43)44)19-33(34)41/h6-7,10-15,18-19,28-29H,2-5,8-9,16-17,20-24H2,1H3,(H,43,44)(H2,39,45,46)/t28-,29-,37-/m0/s1.